The van der Waals surface area contributed by atoms with E-state index in [1.165, 1.54) is 12.3 Å². The largest absolute Gasteiger partial charge is 0.395 e. The lowest BCUT2D eigenvalue weighted by Crippen LogP contribution is -2.31. The Kier molecular flexibility index (Phi) is 7.55. The summed E-state index contributed by atoms with van der Waals surface area (Å²) in [5.74, 6) is -0.311. The molecule has 4 nitrogen and oxygen atoms in total. The number of aliphatic hydroxyl groups excluding tert-OH is 1. The van der Waals surface area contributed by atoms with E-state index in [2.05, 4.69) is 22.1 Å². The number of hydrogen-bond acceptors (Lipinski definition) is 4. The van der Waals surface area contributed by atoms with Gasteiger partial charge in [-0.15, -0.1) is 0 Å². The molecular weight excluding hydrogens is 245 g/mol. The molecule has 1 aromatic heterocycles. The Bertz CT molecular complexity index is 345. The smallest absolute Gasteiger partial charge is 0.141 e. The minimum atomic E-state index is -0.311. The molecule has 5 heteroatoms. The van der Waals surface area contributed by atoms with Crippen LogP contribution in [0.4, 0.5) is 4.39 Å². The average Bonchev–Trinajstić information content (AvgIpc) is 2.43. The number of pyridine rings is 1. The molecule has 0 bridgehead atoms. The molecule has 0 aromatic carbocycles. The summed E-state index contributed by atoms with van der Waals surface area (Å²) in [7, 11) is 0. The van der Waals surface area contributed by atoms with Crippen LogP contribution < -0.4 is 5.32 Å². The van der Waals surface area contributed by atoms with Crippen LogP contribution in [-0.4, -0.2) is 47.8 Å². The maximum Gasteiger partial charge on any atom is 0.141 e. The molecule has 1 atom stereocenters. The van der Waals surface area contributed by atoms with Crippen molar-refractivity contribution in [2.45, 2.75) is 26.3 Å². The molecule has 108 valence electrons. The first-order valence-corrected chi connectivity index (χ1v) is 6.89. The third-order valence-electron chi connectivity index (χ3n) is 3.16. The van der Waals surface area contributed by atoms with Crippen molar-refractivity contribution in [3.05, 3.63) is 29.8 Å². The highest BCUT2D eigenvalue weighted by Gasteiger charge is 2.13. The van der Waals surface area contributed by atoms with Gasteiger partial charge in [0.2, 0.25) is 0 Å². The van der Waals surface area contributed by atoms with Crippen molar-refractivity contribution >= 4 is 0 Å². The molecule has 0 aliphatic heterocycles. The standard InChI is InChI=1S/C14H24FN3O/c1-3-16-14(7-8-18(4-2)9-10-19)13-6-5-12(15)11-17-13/h5-6,11,14,16,19H,3-4,7-10H2,1-2H3. The molecule has 19 heavy (non-hydrogen) atoms. The zero-order valence-electron chi connectivity index (χ0n) is 11.8. The number of nitrogens with one attached hydrogen (secondary N) is 1. The quantitative estimate of drug-likeness (QED) is 0.714. The van der Waals surface area contributed by atoms with E-state index in [-0.39, 0.29) is 18.5 Å². The summed E-state index contributed by atoms with van der Waals surface area (Å²) in [4.78, 5) is 6.33. The minimum Gasteiger partial charge on any atom is -0.395 e. The van der Waals surface area contributed by atoms with Gasteiger partial charge in [-0.3, -0.25) is 4.98 Å². The molecule has 0 radical (unpaired) electrons. The summed E-state index contributed by atoms with van der Waals surface area (Å²) in [5, 5.41) is 12.3. The fraction of sp³-hybridized carbons (Fsp3) is 0.643. The molecule has 1 aromatic rings. The van der Waals surface area contributed by atoms with Gasteiger partial charge in [0.25, 0.3) is 0 Å². The zero-order chi connectivity index (χ0) is 14.1. The van der Waals surface area contributed by atoms with Gasteiger partial charge in [-0.1, -0.05) is 13.8 Å². The van der Waals surface area contributed by atoms with Crippen LogP contribution in [0, 0.1) is 5.82 Å². The summed E-state index contributed by atoms with van der Waals surface area (Å²) >= 11 is 0. The van der Waals surface area contributed by atoms with Crippen molar-refractivity contribution in [3.63, 3.8) is 0 Å². The average molecular weight is 269 g/mol. The predicted octanol–water partition coefficient (Wildman–Crippen LogP) is 1.58. The van der Waals surface area contributed by atoms with E-state index in [0.717, 1.165) is 31.7 Å². The van der Waals surface area contributed by atoms with Gasteiger partial charge in [0.15, 0.2) is 0 Å². The van der Waals surface area contributed by atoms with Gasteiger partial charge in [-0.05, 0) is 31.6 Å². The topological polar surface area (TPSA) is 48.4 Å². The Morgan fingerprint density at radius 1 is 1.37 bits per heavy atom. The number of aromatic nitrogens is 1. The SMILES string of the molecule is CCNC(CCN(CC)CCO)c1ccc(F)cn1. The van der Waals surface area contributed by atoms with Crippen molar-refractivity contribution in [2.24, 2.45) is 0 Å². The van der Waals surface area contributed by atoms with Gasteiger partial charge in [0, 0.05) is 13.1 Å². The molecular formula is C14H24FN3O. The summed E-state index contributed by atoms with van der Waals surface area (Å²) < 4.78 is 12.9. The van der Waals surface area contributed by atoms with Crippen LogP contribution in [0.25, 0.3) is 0 Å². The van der Waals surface area contributed by atoms with Gasteiger partial charge in [-0.2, -0.15) is 0 Å². The molecule has 0 aliphatic rings. The van der Waals surface area contributed by atoms with Crippen LogP contribution in [0.15, 0.2) is 18.3 Å². The second-order valence-electron chi connectivity index (χ2n) is 4.46. The fourth-order valence-electron chi connectivity index (χ4n) is 2.08. The Morgan fingerprint density at radius 2 is 2.16 bits per heavy atom. The number of likely N-dealkylation sites (N-methyl/N-ethyl adjacent to an activating group) is 1. The molecule has 0 fully saturated rings. The summed E-state index contributed by atoms with van der Waals surface area (Å²) in [6, 6.07) is 3.29. The number of hydrogen-bond donors (Lipinski definition) is 2. The number of aliphatic hydroxyl groups is 1. The van der Waals surface area contributed by atoms with E-state index < -0.39 is 0 Å². The van der Waals surface area contributed by atoms with Crippen LogP contribution in [-0.2, 0) is 0 Å². The zero-order valence-corrected chi connectivity index (χ0v) is 11.8. The van der Waals surface area contributed by atoms with E-state index in [0.29, 0.717) is 6.54 Å². The van der Waals surface area contributed by atoms with E-state index in [1.54, 1.807) is 6.07 Å². The van der Waals surface area contributed by atoms with E-state index in [4.69, 9.17) is 5.11 Å². The lowest BCUT2D eigenvalue weighted by Gasteiger charge is -2.23. The Morgan fingerprint density at radius 3 is 2.68 bits per heavy atom. The van der Waals surface area contributed by atoms with Crippen molar-refractivity contribution in [3.8, 4) is 0 Å². The van der Waals surface area contributed by atoms with Crippen LogP contribution in [0.5, 0.6) is 0 Å². The van der Waals surface area contributed by atoms with Crippen molar-refractivity contribution in [1.29, 1.82) is 0 Å². The third kappa shape index (κ3) is 5.63. The Balaban J connectivity index is 2.59. The molecule has 0 aliphatic carbocycles. The molecule has 0 amide bonds. The van der Waals surface area contributed by atoms with Crippen LogP contribution >= 0.6 is 0 Å². The lowest BCUT2D eigenvalue weighted by molar-refractivity contribution is 0.195. The highest BCUT2D eigenvalue weighted by Crippen LogP contribution is 2.15. The first-order chi connectivity index (χ1) is 9.21. The molecule has 0 saturated heterocycles. The second kappa shape index (κ2) is 8.96. The van der Waals surface area contributed by atoms with Gasteiger partial charge in [-0.25, -0.2) is 4.39 Å². The minimum absolute atomic E-state index is 0.123. The van der Waals surface area contributed by atoms with Gasteiger partial charge in [0.05, 0.1) is 24.5 Å². The van der Waals surface area contributed by atoms with Crippen molar-refractivity contribution in [1.82, 2.24) is 15.2 Å². The van der Waals surface area contributed by atoms with Gasteiger partial charge >= 0.3 is 0 Å². The summed E-state index contributed by atoms with van der Waals surface area (Å²) in [5.41, 5.74) is 0.864. The predicted molar refractivity (Wildman–Crippen MR) is 74.4 cm³/mol. The number of nitrogens with zero attached hydrogens (tertiary/aromatic N) is 2. The third-order valence-corrected chi connectivity index (χ3v) is 3.16. The van der Waals surface area contributed by atoms with Gasteiger partial charge < -0.3 is 15.3 Å². The van der Waals surface area contributed by atoms with Crippen molar-refractivity contribution in [2.75, 3.05) is 32.8 Å². The molecule has 2 N–H and O–H groups in total. The number of halogens is 1. The monoisotopic (exact) mass is 269 g/mol. The molecule has 1 rings (SSSR count). The van der Waals surface area contributed by atoms with E-state index in [9.17, 15) is 4.39 Å². The normalized spacial score (nSPS) is 12.9. The Hall–Kier alpha value is -1.04. The van der Waals surface area contributed by atoms with Crippen molar-refractivity contribution < 1.29 is 9.50 Å². The molecule has 1 unspecified atom stereocenters. The van der Waals surface area contributed by atoms with Crippen LogP contribution in [0.2, 0.25) is 0 Å². The maximum absolute atomic E-state index is 12.9. The molecule has 0 spiro atoms. The highest BCUT2D eigenvalue weighted by molar-refractivity contribution is 5.09. The Labute approximate surface area is 114 Å². The number of rotatable bonds is 9. The van der Waals surface area contributed by atoms with E-state index in [1.807, 2.05) is 6.92 Å². The van der Waals surface area contributed by atoms with Crippen LogP contribution in [0.1, 0.15) is 32.0 Å². The molecule has 1 heterocycles. The molecule has 0 saturated carbocycles. The second-order valence-corrected chi connectivity index (χ2v) is 4.46. The maximum atomic E-state index is 12.9. The van der Waals surface area contributed by atoms with Gasteiger partial charge in [0.1, 0.15) is 5.82 Å². The summed E-state index contributed by atoms with van der Waals surface area (Å²) in [6.45, 7) is 7.62. The highest BCUT2D eigenvalue weighted by atomic mass is 19.1. The van der Waals surface area contributed by atoms with E-state index >= 15 is 0 Å². The summed E-state index contributed by atoms with van der Waals surface area (Å²) in [6.07, 6.45) is 2.14. The first-order valence-electron chi connectivity index (χ1n) is 6.89. The van der Waals surface area contributed by atoms with Crippen LogP contribution in [0.3, 0.4) is 0 Å². The lowest BCUT2D eigenvalue weighted by atomic mass is 10.1. The fourth-order valence-corrected chi connectivity index (χ4v) is 2.08. The first kappa shape index (κ1) is 16.0.